The fraction of sp³-hybridized carbons (Fsp3) is 0.417. The summed E-state index contributed by atoms with van der Waals surface area (Å²) >= 11 is 3.28. The molecular formula is C12H15BrO. The topological polar surface area (TPSA) is 17.1 Å². The van der Waals surface area contributed by atoms with Crippen molar-refractivity contribution in [2.24, 2.45) is 0 Å². The molecule has 0 radical (unpaired) electrons. The first-order valence-electron chi connectivity index (χ1n) is 4.92. The number of carbonyl (C=O) groups is 1. The van der Waals surface area contributed by atoms with Crippen LogP contribution in [0.5, 0.6) is 0 Å². The lowest BCUT2D eigenvalue weighted by Gasteiger charge is -2.04. The van der Waals surface area contributed by atoms with Gasteiger partial charge in [0.1, 0.15) is 0 Å². The Hall–Kier alpha value is -0.630. The summed E-state index contributed by atoms with van der Waals surface area (Å²) < 4.78 is 0. The SMILES string of the molecule is CCCc1ccc(C(=O)C(C)Br)cc1. The fourth-order valence-corrected chi connectivity index (χ4v) is 1.62. The second-order valence-electron chi connectivity index (χ2n) is 3.43. The van der Waals surface area contributed by atoms with E-state index < -0.39 is 0 Å². The minimum absolute atomic E-state index is 0.0977. The molecule has 1 nitrogen and oxygen atoms in total. The lowest BCUT2D eigenvalue weighted by Crippen LogP contribution is -2.09. The molecule has 0 heterocycles. The molecule has 0 bridgehead atoms. The molecule has 14 heavy (non-hydrogen) atoms. The number of rotatable bonds is 4. The highest BCUT2D eigenvalue weighted by Gasteiger charge is 2.10. The van der Waals surface area contributed by atoms with Crippen molar-refractivity contribution >= 4 is 21.7 Å². The van der Waals surface area contributed by atoms with Crippen molar-refractivity contribution in [1.29, 1.82) is 0 Å². The molecule has 0 saturated carbocycles. The lowest BCUT2D eigenvalue weighted by atomic mass is 10.0. The van der Waals surface area contributed by atoms with Crippen LogP contribution in [0, 0.1) is 0 Å². The highest BCUT2D eigenvalue weighted by Crippen LogP contribution is 2.12. The molecular weight excluding hydrogens is 240 g/mol. The van der Waals surface area contributed by atoms with Gasteiger partial charge in [0.25, 0.3) is 0 Å². The zero-order valence-corrected chi connectivity index (χ0v) is 10.2. The maximum atomic E-state index is 11.6. The monoisotopic (exact) mass is 254 g/mol. The Labute approximate surface area is 93.7 Å². The van der Waals surface area contributed by atoms with E-state index in [0.717, 1.165) is 18.4 Å². The van der Waals surface area contributed by atoms with Crippen molar-refractivity contribution in [2.75, 3.05) is 0 Å². The van der Waals surface area contributed by atoms with Crippen LogP contribution in [0.4, 0.5) is 0 Å². The van der Waals surface area contributed by atoms with Gasteiger partial charge in [-0.05, 0) is 18.9 Å². The Morgan fingerprint density at radius 3 is 2.36 bits per heavy atom. The number of ketones is 1. The number of aryl methyl sites for hydroxylation is 1. The van der Waals surface area contributed by atoms with Gasteiger partial charge in [-0.2, -0.15) is 0 Å². The zero-order valence-electron chi connectivity index (χ0n) is 8.59. The highest BCUT2D eigenvalue weighted by molar-refractivity contribution is 9.10. The van der Waals surface area contributed by atoms with Crippen LogP contribution >= 0.6 is 15.9 Å². The zero-order chi connectivity index (χ0) is 10.6. The molecule has 0 fully saturated rings. The number of carbonyl (C=O) groups excluding carboxylic acids is 1. The maximum Gasteiger partial charge on any atom is 0.176 e. The molecule has 1 aromatic carbocycles. The van der Waals surface area contributed by atoms with Gasteiger partial charge in [-0.15, -0.1) is 0 Å². The number of Topliss-reactive ketones (excluding diaryl/α,β-unsaturated/α-hetero) is 1. The minimum atomic E-state index is -0.0977. The van der Waals surface area contributed by atoms with Crippen LogP contribution in [0.2, 0.25) is 0 Å². The van der Waals surface area contributed by atoms with Gasteiger partial charge in [0.05, 0.1) is 4.83 Å². The van der Waals surface area contributed by atoms with Gasteiger partial charge < -0.3 is 0 Å². The molecule has 0 saturated heterocycles. The summed E-state index contributed by atoms with van der Waals surface area (Å²) in [4.78, 5) is 11.5. The molecule has 0 aliphatic carbocycles. The van der Waals surface area contributed by atoms with Crippen molar-refractivity contribution in [1.82, 2.24) is 0 Å². The van der Waals surface area contributed by atoms with Crippen LogP contribution in [-0.2, 0) is 6.42 Å². The van der Waals surface area contributed by atoms with Crippen LogP contribution in [0.3, 0.4) is 0 Å². The quantitative estimate of drug-likeness (QED) is 0.593. The summed E-state index contributed by atoms with van der Waals surface area (Å²) in [5, 5.41) is 0. The van der Waals surface area contributed by atoms with Gasteiger partial charge in [-0.1, -0.05) is 53.5 Å². The molecule has 0 aromatic heterocycles. The van der Waals surface area contributed by atoms with Gasteiger partial charge in [0.15, 0.2) is 5.78 Å². The van der Waals surface area contributed by atoms with Crippen LogP contribution < -0.4 is 0 Å². The third-order valence-corrected chi connectivity index (χ3v) is 2.55. The van der Waals surface area contributed by atoms with E-state index in [2.05, 4.69) is 22.9 Å². The second-order valence-corrected chi connectivity index (χ2v) is 4.80. The molecule has 0 aliphatic heterocycles. The van der Waals surface area contributed by atoms with Gasteiger partial charge >= 0.3 is 0 Å². The smallest absolute Gasteiger partial charge is 0.176 e. The predicted octanol–water partition coefficient (Wildman–Crippen LogP) is 3.61. The average molecular weight is 255 g/mol. The summed E-state index contributed by atoms with van der Waals surface area (Å²) in [5.41, 5.74) is 2.08. The number of alkyl halides is 1. The molecule has 1 unspecified atom stereocenters. The summed E-state index contributed by atoms with van der Waals surface area (Å²) in [6, 6.07) is 7.88. The fourth-order valence-electron chi connectivity index (χ4n) is 1.35. The Kier molecular flexibility index (Phi) is 4.33. The Balaban J connectivity index is 2.78. The number of hydrogen-bond acceptors (Lipinski definition) is 1. The van der Waals surface area contributed by atoms with E-state index >= 15 is 0 Å². The predicted molar refractivity (Wildman–Crippen MR) is 63.2 cm³/mol. The molecule has 1 atom stereocenters. The average Bonchev–Trinajstić information content (AvgIpc) is 2.18. The molecule has 76 valence electrons. The summed E-state index contributed by atoms with van der Waals surface area (Å²) in [6.45, 7) is 4.00. The third-order valence-electron chi connectivity index (χ3n) is 2.14. The standard InChI is InChI=1S/C12H15BrO/c1-3-4-10-5-7-11(8-6-10)12(14)9(2)13/h5-9H,3-4H2,1-2H3. The maximum absolute atomic E-state index is 11.6. The third kappa shape index (κ3) is 2.95. The van der Waals surface area contributed by atoms with Crippen molar-refractivity contribution < 1.29 is 4.79 Å². The van der Waals surface area contributed by atoms with E-state index in [1.54, 1.807) is 0 Å². The van der Waals surface area contributed by atoms with Crippen molar-refractivity contribution in [2.45, 2.75) is 31.5 Å². The Morgan fingerprint density at radius 1 is 1.36 bits per heavy atom. The molecule has 0 N–H and O–H groups in total. The van der Waals surface area contributed by atoms with E-state index in [4.69, 9.17) is 0 Å². The van der Waals surface area contributed by atoms with Crippen LogP contribution in [0.1, 0.15) is 36.2 Å². The first kappa shape index (κ1) is 11.4. The number of benzene rings is 1. The van der Waals surface area contributed by atoms with Crippen molar-refractivity contribution in [3.63, 3.8) is 0 Å². The first-order valence-corrected chi connectivity index (χ1v) is 5.84. The molecule has 0 spiro atoms. The van der Waals surface area contributed by atoms with Crippen LogP contribution in [-0.4, -0.2) is 10.6 Å². The largest absolute Gasteiger partial charge is 0.293 e. The molecule has 2 heteroatoms. The van der Waals surface area contributed by atoms with Gasteiger partial charge in [-0.3, -0.25) is 4.79 Å². The first-order chi connectivity index (χ1) is 6.65. The number of halogens is 1. The Bertz CT molecular complexity index is 301. The molecule has 1 rings (SSSR count). The summed E-state index contributed by atoms with van der Waals surface area (Å²) in [6.07, 6.45) is 2.22. The summed E-state index contributed by atoms with van der Waals surface area (Å²) in [7, 11) is 0. The highest BCUT2D eigenvalue weighted by atomic mass is 79.9. The van der Waals surface area contributed by atoms with Gasteiger partial charge in [-0.25, -0.2) is 0 Å². The van der Waals surface area contributed by atoms with E-state index in [1.807, 2.05) is 31.2 Å². The van der Waals surface area contributed by atoms with Crippen LogP contribution in [0.25, 0.3) is 0 Å². The molecule has 0 amide bonds. The van der Waals surface area contributed by atoms with Crippen molar-refractivity contribution in [3.05, 3.63) is 35.4 Å². The Morgan fingerprint density at radius 2 is 1.93 bits per heavy atom. The van der Waals surface area contributed by atoms with E-state index in [1.165, 1.54) is 5.56 Å². The normalized spacial score (nSPS) is 12.5. The lowest BCUT2D eigenvalue weighted by molar-refractivity contribution is 0.0996. The van der Waals surface area contributed by atoms with E-state index in [9.17, 15) is 4.79 Å². The van der Waals surface area contributed by atoms with E-state index in [0.29, 0.717) is 0 Å². The van der Waals surface area contributed by atoms with Gasteiger partial charge in [0, 0.05) is 5.56 Å². The van der Waals surface area contributed by atoms with Gasteiger partial charge in [0.2, 0.25) is 0 Å². The van der Waals surface area contributed by atoms with E-state index in [-0.39, 0.29) is 10.6 Å². The van der Waals surface area contributed by atoms with Crippen molar-refractivity contribution in [3.8, 4) is 0 Å². The van der Waals surface area contributed by atoms with Crippen LogP contribution in [0.15, 0.2) is 24.3 Å². The molecule has 1 aromatic rings. The number of hydrogen-bond donors (Lipinski definition) is 0. The second kappa shape index (κ2) is 5.30. The minimum Gasteiger partial charge on any atom is -0.293 e. The summed E-state index contributed by atoms with van der Waals surface area (Å²) in [5.74, 6) is 0.146. The molecule has 0 aliphatic rings.